The number of hydrogen-bond donors (Lipinski definition) is 5. The van der Waals surface area contributed by atoms with E-state index >= 15 is 0 Å². The van der Waals surface area contributed by atoms with Crippen LogP contribution in [0.5, 0.6) is 0 Å². The van der Waals surface area contributed by atoms with E-state index in [0.717, 1.165) is 6.08 Å². The summed E-state index contributed by atoms with van der Waals surface area (Å²) in [4.78, 5) is 10.1. The quantitative estimate of drug-likeness (QED) is 0.253. The lowest BCUT2D eigenvalue weighted by Crippen LogP contribution is -2.37. The largest absolute Gasteiger partial charge is 0.460 e. The van der Waals surface area contributed by atoms with Gasteiger partial charge < -0.3 is 30.3 Å². The van der Waals surface area contributed by atoms with Crippen LogP contribution in [0.15, 0.2) is 12.7 Å². The molecule has 0 bridgehead atoms. The Morgan fingerprint density at radius 3 is 1.65 bits per heavy atom. The highest BCUT2D eigenvalue weighted by Gasteiger charge is 2.26. The molecule has 7 heteroatoms. The van der Waals surface area contributed by atoms with Crippen molar-refractivity contribution in [2.75, 3.05) is 39.6 Å². The number of aliphatic hydroxyl groups excluding tert-OH is 5. The molecule has 0 unspecified atom stereocenters. The van der Waals surface area contributed by atoms with Gasteiger partial charge in [0, 0.05) is 6.08 Å². The van der Waals surface area contributed by atoms with Gasteiger partial charge in [0.05, 0.1) is 38.4 Å². The number of carbonyl (C=O) groups excluding carboxylic acids is 1. The van der Waals surface area contributed by atoms with E-state index in [-0.39, 0.29) is 13.2 Å². The molecule has 0 rings (SSSR count). The summed E-state index contributed by atoms with van der Waals surface area (Å²) in [6, 6.07) is 0. The lowest BCUT2D eigenvalue weighted by Gasteiger charge is -2.23. The number of hydrogen-bond acceptors (Lipinski definition) is 7. The molecule has 0 radical (unpaired) electrons. The molecule has 5 N–H and O–H groups in total. The molecule has 0 amide bonds. The van der Waals surface area contributed by atoms with Crippen molar-refractivity contribution in [3.63, 3.8) is 0 Å². The fourth-order valence-corrected chi connectivity index (χ4v) is 0.505. The van der Waals surface area contributed by atoms with Gasteiger partial charge in [-0.05, 0) is 0 Å². The number of ether oxygens (including phenoxy) is 1. The molecule has 0 aromatic heterocycles. The first-order valence-electron chi connectivity index (χ1n) is 4.89. The molecule has 0 aromatic rings. The molecule has 0 aliphatic heterocycles. The summed E-state index contributed by atoms with van der Waals surface area (Å²) in [5.41, 5.74) is -1.11. The second-order valence-corrected chi connectivity index (χ2v) is 3.23. The number of aliphatic hydroxyl groups is 5. The molecule has 0 heterocycles. The molecule has 0 fully saturated rings. The zero-order chi connectivity index (χ0) is 13.7. The third-order valence-corrected chi connectivity index (χ3v) is 1.84. The zero-order valence-corrected chi connectivity index (χ0v) is 9.58. The SMILES string of the molecule is C=CC(=O)OCCO.OCC(CO)(CO)CO. The smallest absolute Gasteiger partial charge is 0.330 e. The van der Waals surface area contributed by atoms with Crippen LogP contribution in [0.4, 0.5) is 0 Å². The van der Waals surface area contributed by atoms with Crippen LogP contribution in [0.2, 0.25) is 0 Å². The van der Waals surface area contributed by atoms with Gasteiger partial charge in [0.1, 0.15) is 6.61 Å². The lowest BCUT2D eigenvalue weighted by atomic mass is 9.93. The van der Waals surface area contributed by atoms with E-state index in [1.165, 1.54) is 0 Å². The monoisotopic (exact) mass is 252 g/mol. The highest BCUT2D eigenvalue weighted by Crippen LogP contribution is 2.11. The molecule has 0 saturated heterocycles. The van der Waals surface area contributed by atoms with Gasteiger partial charge in [0.2, 0.25) is 0 Å². The van der Waals surface area contributed by atoms with Gasteiger partial charge in [0.25, 0.3) is 0 Å². The Labute approximate surface area is 99.6 Å². The molecular weight excluding hydrogens is 232 g/mol. The Hall–Kier alpha value is -0.990. The van der Waals surface area contributed by atoms with Gasteiger partial charge in [-0.25, -0.2) is 4.79 Å². The first-order valence-corrected chi connectivity index (χ1v) is 4.89. The molecular formula is C10H20O7. The first kappa shape index (κ1) is 18.4. The Balaban J connectivity index is 0. The molecule has 0 spiro atoms. The van der Waals surface area contributed by atoms with Gasteiger partial charge in [-0.15, -0.1) is 0 Å². The van der Waals surface area contributed by atoms with E-state index in [9.17, 15) is 4.79 Å². The van der Waals surface area contributed by atoms with Crippen molar-refractivity contribution in [1.29, 1.82) is 0 Å². The standard InChI is InChI=1S/C5H12O4.C5H8O3/c6-1-5(2-7,3-8)4-9;1-2-5(7)8-4-3-6/h6-9H,1-4H2;2,6H,1,3-4H2. The topological polar surface area (TPSA) is 127 Å². The van der Waals surface area contributed by atoms with Crippen molar-refractivity contribution in [2.45, 2.75) is 0 Å². The number of carbonyl (C=O) groups is 1. The number of esters is 1. The molecule has 0 saturated carbocycles. The van der Waals surface area contributed by atoms with Gasteiger partial charge in [-0.2, -0.15) is 0 Å². The molecule has 7 nitrogen and oxygen atoms in total. The molecule has 0 aliphatic carbocycles. The van der Waals surface area contributed by atoms with Crippen molar-refractivity contribution in [2.24, 2.45) is 5.41 Å². The molecule has 0 aliphatic rings. The second kappa shape index (κ2) is 11.5. The molecule has 0 atom stereocenters. The summed E-state index contributed by atoms with van der Waals surface area (Å²) in [6.07, 6.45) is 1.05. The van der Waals surface area contributed by atoms with E-state index < -0.39 is 37.8 Å². The van der Waals surface area contributed by atoms with Crippen LogP contribution < -0.4 is 0 Å². The maximum absolute atomic E-state index is 10.1. The maximum atomic E-state index is 10.1. The molecule has 102 valence electrons. The summed E-state index contributed by atoms with van der Waals surface area (Å²) >= 11 is 0. The Morgan fingerprint density at radius 1 is 1.06 bits per heavy atom. The summed E-state index contributed by atoms with van der Waals surface area (Å²) in [5, 5.41) is 42.1. The van der Waals surface area contributed by atoms with Crippen molar-refractivity contribution >= 4 is 5.97 Å². The molecule has 17 heavy (non-hydrogen) atoms. The minimum atomic E-state index is -1.11. The Bertz CT molecular complexity index is 183. The summed E-state index contributed by atoms with van der Waals surface area (Å²) in [6.45, 7) is 1.44. The summed E-state index contributed by atoms with van der Waals surface area (Å²) in [5.74, 6) is -0.501. The molecule has 0 aromatic carbocycles. The predicted molar refractivity (Wildman–Crippen MR) is 59.0 cm³/mol. The van der Waals surface area contributed by atoms with Crippen molar-refractivity contribution < 1.29 is 35.1 Å². The normalized spacial score (nSPS) is 10.2. The predicted octanol–water partition coefficient (Wildman–Crippen LogP) is -2.35. The van der Waals surface area contributed by atoms with E-state index in [0.29, 0.717) is 0 Å². The highest BCUT2D eigenvalue weighted by atomic mass is 16.5. The minimum absolute atomic E-state index is 0.0465. The Morgan fingerprint density at radius 2 is 1.47 bits per heavy atom. The van der Waals surface area contributed by atoms with E-state index in [2.05, 4.69) is 11.3 Å². The third kappa shape index (κ3) is 8.78. The zero-order valence-electron chi connectivity index (χ0n) is 9.58. The number of rotatable bonds is 7. The average Bonchev–Trinajstić information content (AvgIpc) is 2.40. The van der Waals surface area contributed by atoms with Crippen LogP contribution >= 0.6 is 0 Å². The van der Waals surface area contributed by atoms with Gasteiger partial charge in [-0.3, -0.25) is 0 Å². The fourth-order valence-electron chi connectivity index (χ4n) is 0.505. The second-order valence-electron chi connectivity index (χ2n) is 3.23. The van der Waals surface area contributed by atoms with Crippen molar-refractivity contribution in [1.82, 2.24) is 0 Å². The van der Waals surface area contributed by atoms with Crippen molar-refractivity contribution in [3.8, 4) is 0 Å². The van der Waals surface area contributed by atoms with Gasteiger partial charge >= 0.3 is 5.97 Å². The average molecular weight is 252 g/mol. The maximum Gasteiger partial charge on any atom is 0.330 e. The minimum Gasteiger partial charge on any atom is -0.460 e. The van der Waals surface area contributed by atoms with E-state index in [1.54, 1.807) is 0 Å². The van der Waals surface area contributed by atoms with Crippen LogP contribution in [0.3, 0.4) is 0 Å². The van der Waals surface area contributed by atoms with Crippen LogP contribution in [0.25, 0.3) is 0 Å². The summed E-state index contributed by atoms with van der Waals surface area (Å²) < 4.78 is 4.33. The van der Waals surface area contributed by atoms with Crippen LogP contribution in [0, 0.1) is 5.41 Å². The van der Waals surface area contributed by atoms with Gasteiger partial charge in [0.15, 0.2) is 0 Å². The van der Waals surface area contributed by atoms with Crippen LogP contribution in [0.1, 0.15) is 0 Å². The van der Waals surface area contributed by atoms with Crippen LogP contribution in [-0.2, 0) is 9.53 Å². The third-order valence-electron chi connectivity index (χ3n) is 1.84. The van der Waals surface area contributed by atoms with E-state index in [4.69, 9.17) is 25.5 Å². The lowest BCUT2D eigenvalue weighted by molar-refractivity contribution is -0.138. The van der Waals surface area contributed by atoms with Crippen molar-refractivity contribution in [3.05, 3.63) is 12.7 Å². The highest BCUT2D eigenvalue weighted by molar-refractivity contribution is 5.81. The first-order chi connectivity index (χ1) is 8.05. The van der Waals surface area contributed by atoms with Gasteiger partial charge in [-0.1, -0.05) is 6.58 Å². The fraction of sp³-hybridized carbons (Fsp3) is 0.700. The summed E-state index contributed by atoms with van der Waals surface area (Å²) in [7, 11) is 0. The van der Waals surface area contributed by atoms with E-state index in [1.807, 2.05) is 0 Å². The Kier molecular flexibility index (Phi) is 12.4. The van der Waals surface area contributed by atoms with Crippen LogP contribution in [-0.4, -0.2) is 71.1 Å².